The number of aryl methyl sites for hydroxylation is 1. The summed E-state index contributed by atoms with van der Waals surface area (Å²) < 4.78 is 28.0. The van der Waals surface area contributed by atoms with Gasteiger partial charge in [0.05, 0.1) is 4.90 Å². The van der Waals surface area contributed by atoms with Crippen LogP contribution in [0.3, 0.4) is 0 Å². The summed E-state index contributed by atoms with van der Waals surface area (Å²) in [4.78, 5) is 2.39. The summed E-state index contributed by atoms with van der Waals surface area (Å²) in [5.74, 6) is 0. The zero-order valence-corrected chi connectivity index (χ0v) is 15.3. The summed E-state index contributed by atoms with van der Waals surface area (Å²) in [6.07, 6.45) is 5.08. The molecule has 2 unspecified atom stereocenters. The minimum absolute atomic E-state index is 0.0870. The lowest BCUT2D eigenvalue weighted by Gasteiger charge is -2.13. The van der Waals surface area contributed by atoms with E-state index in [0.29, 0.717) is 10.1 Å². The molecule has 0 spiro atoms. The highest BCUT2D eigenvalue weighted by atomic mass is 32.2. The van der Waals surface area contributed by atoms with E-state index in [-0.39, 0.29) is 6.04 Å². The molecule has 0 saturated heterocycles. The molecule has 0 aromatic carbocycles. The third-order valence-corrected chi connectivity index (χ3v) is 7.72. The van der Waals surface area contributed by atoms with Crippen LogP contribution in [0.1, 0.15) is 35.9 Å². The zero-order valence-electron chi connectivity index (χ0n) is 12.8. The summed E-state index contributed by atoms with van der Waals surface area (Å²) in [6, 6.07) is 1.90. The Hall–Kier alpha value is -0.0800. The Balaban J connectivity index is 2.07. The molecule has 0 aliphatic heterocycles. The Morgan fingerprint density at radius 3 is 2.81 bits per heavy atom. The van der Waals surface area contributed by atoms with Gasteiger partial charge >= 0.3 is 0 Å². The van der Waals surface area contributed by atoms with Crippen LogP contribution < -0.4 is 10.0 Å². The average molecular weight is 349 g/mol. The van der Waals surface area contributed by atoms with Crippen molar-refractivity contribution in [2.45, 2.75) is 55.8 Å². The van der Waals surface area contributed by atoms with Crippen LogP contribution >= 0.6 is 23.1 Å². The Kier molecular flexibility index (Phi) is 6.14. The smallest absolute Gasteiger partial charge is 0.241 e. The second-order valence-corrected chi connectivity index (χ2v) is 9.56. The monoisotopic (exact) mass is 348 g/mol. The fraction of sp³-hybridized carbons (Fsp3) is 0.714. The molecule has 1 saturated carbocycles. The van der Waals surface area contributed by atoms with Crippen molar-refractivity contribution in [3.05, 3.63) is 15.8 Å². The van der Waals surface area contributed by atoms with E-state index in [9.17, 15) is 8.42 Å². The van der Waals surface area contributed by atoms with Crippen molar-refractivity contribution in [1.29, 1.82) is 0 Å². The van der Waals surface area contributed by atoms with Crippen LogP contribution in [0.5, 0.6) is 0 Å². The molecule has 7 heteroatoms. The second kappa shape index (κ2) is 7.46. The van der Waals surface area contributed by atoms with Crippen molar-refractivity contribution in [2.24, 2.45) is 0 Å². The molecular weight excluding hydrogens is 324 g/mol. The predicted molar refractivity (Wildman–Crippen MR) is 91.7 cm³/mol. The van der Waals surface area contributed by atoms with Gasteiger partial charge in [-0.25, -0.2) is 13.1 Å². The summed E-state index contributed by atoms with van der Waals surface area (Å²) in [7, 11) is -3.39. The zero-order chi connectivity index (χ0) is 15.5. The summed E-state index contributed by atoms with van der Waals surface area (Å²) in [5.41, 5.74) is 0. The summed E-state index contributed by atoms with van der Waals surface area (Å²) >= 11 is 3.39. The highest BCUT2D eigenvalue weighted by Gasteiger charge is 2.29. The van der Waals surface area contributed by atoms with Crippen molar-refractivity contribution in [1.82, 2.24) is 10.0 Å². The maximum atomic E-state index is 12.6. The van der Waals surface area contributed by atoms with Crippen LogP contribution in [0.2, 0.25) is 0 Å². The molecule has 1 aliphatic carbocycles. The van der Waals surface area contributed by atoms with Crippen LogP contribution in [-0.2, 0) is 16.6 Å². The van der Waals surface area contributed by atoms with Gasteiger partial charge in [-0.2, -0.15) is 11.8 Å². The topological polar surface area (TPSA) is 58.2 Å². The first-order chi connectivity index (χ1) is 9.96. The Morgan fingerprint density at radius 2 is 2.19 bits per heavy atom. The SMILES string of the molecule is CCNCc1cc(S(=O)(=O)NC2CCC(SC)C2)c(C)s1. The van der Waals surface area contributed by atoms with Crippen molar-refractivity contribution in [3.8, 4) is 0 Å². The molecule has 0 amide bonds. The molecule has 1 aromatic heterocycles. The predicted octanol–water partition coefficient (Wildman–Crippen LogP) is 2.73. The van der Waals surface area contributed by atoms with E-state index in [2.05, 4.69) is 16.3 Å². The van der Waals surface area contributed by atoms with E-state index in [4.69, 9.17) is 0 Å². The molecule has 2 N–H and O–H groups in total. The van der Waals surface area contributed by atoms with Crippen LogP contribution in [0, 0.1) is 6.92 Å². The number of nitrogens with one attached hydrogen (secondary N) is 2. The first-order valence-corrected chi connectivity index (χ1v) is 10.9. The van der Waals surface area contributed by atoms with Gasteiger partial charge in [-0.05, 0) is 45.1 Å². The highest BCUT2D eigenvalue weighted by molar-refractivity contribution is 7.99. The maximum absolute atomic E-state index is 12.6. The molecule has 4 nitrogen and oxygen atoms in total. The lowest BCUT2D eigenvalue weighted by Crippen LogP contribution is -2.33. The average Bonchev–Trinajstić information content (AvgIpc) is 3.02. The number of sulfonamides is 1. The standard InChI is InChI=1S/C14H24N2O2S3/c1-4-15-9-13-8-14(10(2)20-13)21(17,18)16-11-5-6-12(7-11)19-3/h8,11-12,15-16H,4-7,9H2,1-3H3. The fourth-order valence-corrected chi connectivity index (χ4v) is 6.36. The van der Waals surface area contributed by atoms with E-state index in [1.54, 1.807) is 11.3 Å². The Labute approximate surface area is 136 Å². The van der Waals surface area contributed by atoms with Gasteiger partial charge in [0.2, 0.25) is 10.0 Å². The third-order valence-electron chi connectivity index (χ3n) is 3.80. The van der Waals surface area contributed by atoms with Gasteiger partial charge in [-0.3, -0.25) is 0 Å². The summed E-state index contributed by atoms with van der Waals surface area (Å²) in [6.45, 7) is 5.54. The van der Waals surface area contributed by atoms with Crippen molar-refractivity contribution in [2.75, 3.05) is 12.8 Å². The second-order valence-electron chi connectivity index (χ2n) is 5.40. The third kappa shape index (κ3) is 4.45. The van der Waals surface area contributed by atoms with Gasteiger partial charge in [-0.15, -0.1) is 11.3 Å². The number of thioether (sulfide) groups is 1. The van der Waals surface area contributed by atoms with Gasteiger partial charge in [0, 0.05) is 27.6 Å². The largest absolute Gasteiger partial charge is 0.312 e. The van der Waals surface area contributed by atoms with Crippen molar-refractivity contribution >= 4 is 33.1 Å². The molecule has 0 radical (unpaired) electrons. The van der Waals surface area contributed by atoms with E-state index in [1.807, 2.05) is 31.7 Å². The lowest BCUT2D eigenvalue weighted by molar-refractivity contribution is 0.552. The molecule has 1 fully saturated rings. The maximum Gasteiger partial charge on any atom is 0.241 e. The number of hydrogen-bond donors (Lipinski definition) is 2. The van der Waals surface area contributed by atoms with Crippen LogP contribution in [0.25, 0.3) is 0 Å². The minimum Gasteiger partial charge on any atom is -0.312 e. The van der Waals surface area contributed by atoms with Crippen LogP contribution in [-0.4, -0.2) is 32.5 Å². The fourth-order valence-electron chi connectivity index (χ4n) is 2.67. The lowest BCUT2D eigenvalue weighted by atomic mass is 10.3. The van der Waals surface area contributed by atoms with Gasteiger partial charge in [0.25, 0.3) is 0 Å². The van der Waals surface area contributed by atoms with E-state index in [0.717, 1.165) is 42.1 Å². The minimum atomic E-state index is -3.39. The van der Waals surface area contributed by atoms with Gasteiger partial charge < -0.3 is 5.32 Å². The number of hydrogen-bond acceptors (Lipinski definition) is 5. The van der Waals surface area contributed by atoms with Gasteiger partial charge in [0.15, 0.2) is 0 Å². The molecule has 1 heterocycles. The van der Waals surface area contributed by atoms with E-state index < -0.39 is 10.0 Å². The first kappa shape index (κ1) is 17.3. The molecule has 2 rings (SSSR count). The number of rotatable bonds is 7. The van der Waals surface area contributed by atoms with Gasteiger partial charge in [-0.1, -0.05) is 6.92 Å². The van der Waals surface area contributed by atoms with Gasteiger partial charge in [0.1, 0.15) is 0 Å². The van der Waals surface area contributed by atoms with Crippen LogP contribution in [0.4, 0.5) is 0 Å². The Bertz CT molecular complexity index is 569. The molecule has 21 heavy (non-hydrogen) atoms. The molecule has 120 valence electrons. The highest BCUT2D eigenvalue weighted by Crippen LogP contribution is 2.31. The van der Waals surface area contributed by atoms with Crippen LogP contribution in [0.15, 0.2) is 11.0 Å². The summed E-state index contributed by atoms with van der Waals surface area (Å²) in [5, 5.41) is 3.82. The molecule has 1 aromatic rings. The molecule has 0 bridgehead atoms. The normalized spacial score (nSPS) is 22.8. The van der Waals surface area contributed by atoms with Crippen molar-refractivity contribution in [3.63, 3.8) is 0 Å². The quantitative estimate of drug-likeness (QED) is 0.795. The van der Waals surface area contributed by atoms with E-state index >= 15 is 0 Å². The number of thiophene rings is 1. The molecule has 2 atom stereocenters. The Morgan fingerprint density at radius 1 is 1.43 bits per heavy atom. The van der Waals surface area contributed by atoms with Crippen molar-refractivity contribution < 1.29 is 8.42 Å². The van der Waals surface area contributed by atoms with E-state index in [1.165, 1.54) is 0 Å². The molecule has 1 aliphatic rings. The molecular formula is C14H24N2O2S3. The first-order valence-electron chi connectivity index (χ1n) is 7.31.